The lowest BCUT2D eigenvalue weighted by molar-refractivity contribution is -0.131. The second-order valence-electron chi connectivity index (χ2n) is 4.13. The first-order chi connectivity index (χ1) is 9.74. The maximum Gasteiger partial charge on any atom is 0.228 e. The van der Waals surface area contributed by atoms with E-state index >= 15 is 0 Å². The van der Waals surface area contributed by atoms with Crippen molar-refractivity contribution in [2.75, 3.05) is 26.3 Å². The van der Waals surface area contributed by atoms with Gasteiger partial charge < -0.3 is 19.5 Å². The highest BCUT2D eigenvalue weighted by molar-refractivity contribution is 7.13. The molecule has 0 radical (unpaired) electrons. The summed E-state index contributed by atoms with van der Waals surface area (Å²) < 4.78 is 5.25. The summed E-state index contributed by atoms with van der Waals surface area (Å²) in [7, 11) is 0. The largest absolute Gasteiger partial charge is 0.462 e. The molecule has 0 bridgehead atoms. The van der Waals surface area contributed by atoms with Gasteiger partial charge in [0.1, 0.15) is 0 Å². The zero-order valence-corrected chi connectivity index (χ0v) is 11.7. The van der Waals surface area contributed by atoms with Crippen LogP contribution in [-0.2, 0) is 11.2 Å². The van der Waals surface area contributed by atoms with E-state index < -0.39 is 0 Å². The predicted octanol–water partition coefficient (Wildman–Crippen LogP) is 0.759. The van der Waals surface area contributed by atoms with Crippen LogP contribution < -0.4 is 0 Å². The van der Waals surface area contributed by atoms with E-state index in [2.05, 4.69) is 4.98 Å². The zero-order valence-electron chi connectivity index (χ0n) is 10.9. The lowest BCUT2D eigenvalue weighted by atomic mass is 10.3. The van der Waals surface area contributed by atoms with Crippen molar-refractivity contribution in [3.05, 3.63) is 29.5 Å². The van der Waals surface area contributed by atoms with Crippen LogP contribution in [0.15, 0.2) is 28.2 Å². The summed E-state index contributed by atoms with van der Waals surface area (Å²) in [5.74, 6) is 0.515. The Kier molecular flexibility index (Phi) is 5.28. The molecule has 6 nitrogen and oxygen atoms in total. The van der Waals surface area contributed by atoms with Crippen LogP contribution >= 0.6 is 11.3 Å². The number of carbonyl (C=O) groups is 1. The van der Waals surface area contributed by atoms with Crippen molar-refractivity contribution in [1.29, 1.82) is 0 Å². The van der Waals surface area contributed by atoms with Crippen LogP contribution in [0.3, 0.4) is 0 Å². The van der Waals surface area contributed by atoms with Crippen molar-refractivity contribution >= 4 is 17.2 Å². The molecule has 2 aromatic heterocycles. The topological polar surface area (TPSA) is 86.8 Å². The standard InChI is InChI=1S/C13H16N2O4S/c16-5-3-15(4-6-17)12(18)8-10-9-20-13(14-10)11-2-1-7-19-11/h1-2,7,9,16-17H,3-6,8H2. The van der Waals surface area contributed by atoms with Gasteiger partial charge in [-0.3, -0.25) is 4.79 Å². The molecule has 0 saturated carbocycles. The van der Waals surface area contributed by atoms with Gasteiger partial charge in [-0.25, -0.2) is 4.98 Å². The molecule has 108 valence electrons. The number of aromatic nitrogens is 1. The molecule has 7 heteroatoms. The molecule has 0 spiro atoms. The minimum Gasteiger partial charge on any atom is -0.462 e. The zero-order chi connectivity index (χ0) is 14.4. The minimum atomic E-state index is -0.163. The van der Waals surface area contributed by atoms with E-state index in [1.165, 1.54) is 16.2 Å². The molecule has 0 aliphatic rings. The molecule has 2 heterocycles. The lowest BCUT2D eigenvalue weighted by Crippen LogP contribution is -2.36. The molecule has 0 saturated heterocycles. The first-order valence-corrected chi connectivity index (χ1v) is 7.10. The highest BCUT2D eigenvalue weighted by atomic mass is 32.1. The lowest BCUT2D eigenvalue weighted by Gasteiger charge is -2.20. The molecule has 0 fully saturated rings. The molecule has 20 heavy (non-hydrogen) atoms. The number of hydrogen-bond acceptors (Lipinski definition) is 6. The van der Waals surface area contributed by atoms with Gasteiger partial charge in [-0.2, -0.15) is 0 Å². The molecule has 2 N–H and O–H groups in total. The molecule has 0 unspecified atom stereocenters. The van der Waals surface area contributed by atoms with Crippen molar-refractivity contribution in [1.82, 2.24) is 9.88 Å². The number of rotatable bonds is 7. The van der Waals surface area contributed by atoms with Gasteiger partial charge >= 0.3 is 0 Å². The monoisotopic (exact) mass is 296 g/mol. The predicted molar refractivity (Wildman–Crippen MR) is 74.3 cm³/mol. The second kappa shape index (κ2) is 7.18. The second-order valence-corrected chi connectivity index (χ2v) is 4.98. The van der Waals surface area contributed by atoms with E-state index in [0.717, 1.165) is 5.01 Å². The highest BCUT2D eigenvalue weighted by Gasteiger charge is 2.15. The van der Waals surface area contributed by atoms with Crippen LogP contribution in [-0.4, -0.2) is 52.3 Å². The van der Waals surface area contributed by atoms with Gasteiger partial charge in [-0.05, 0) is 12.1 Å². The van der Waals surface area contributed by atoms with E-state index in [4.69, 9.17) is 14.6 Å². The van der Waals surface area contributed by atoms with E-state index in [0.29, 0.717) is 11.5 Å². The van der Waals surface area contributed by atoms with Crippen molar-refractivity contribution in [2.45, 2.75) is 6.42 Å². The highest BCUT2D eigenvalue weighted by Crippen LogP contribution is 2.24. The van der Waals surface area contributed by atoms with E-state index in [1.807, 2.05) is 11.4 Å². The third-order valence-electron chi connectivity index (χ3n) is 2.71. The van der Waals surface area contributed by atoms with Crippen LogP contribution in [0, 0.1) is 0 Å². The summed E-state index contributed by atoms with van der Waals surface area (Å²) >= 11 is 1.41. The molecule has 0 aromatic carbocycles. The molecule has 2 aromatic rings. The van der Waals surface area contributed by atoms with E-state index in [1.54, 1.807) is 12.3 Å². The van der Waals surface area contributed by atoms with Gasteiger partial charge in [0, 0.05) is 18.5 Å². The summed E-state index contributed by atoms with van der Waals surface area (Å²) in [5.41, 5.74) is 0.660. The Morgan fingerprint density at radius 2 is 2.10 bits per heavy atom. The molecular weight excluding hydrogens is 280 g/mol. The summed E-state index contributed by atoms with van der Waals surface area (Å²) in [6.45, 7) is 0.185. The van der Waals surface area contributed by atoms with Gasteiger partial charge in [0.2, 0.25) is 5.91 Å². The number of aliphatic hydroxyl groups is 2. The fraction of sp³-hybridized carbons (Fsp3) is 0.385. The van der Waals surface area contributed by atoms with E-state index in [-0.39, 0.29) is 38.6 Å². The normalized spacial score (nSPS) is 10.7. The maximum absolute atomic E-state index is 12.0. The number of aliphatic hydroxyl groups excluding tert-OH is 2. The van der Waals surface area contributed by atoms with Crippen LogP contribution in [0.5, 0.6) is 0 Å². The average molecular weight is 296 g/mol. The van der Waals surface area contributed by atoms with Crippen molar-refractivity contribution in [3.8, 4) is 10.8 Å². The Labute approximate surface area is 120 Å². The Morgan fingerprint density at radius 3 is 2.70 bits per heavy atom. The van der Waals surface area contributed by atoms with Gasteiger partial charge in [0.05, 0.1) is 31.6 Å². The smallest absolute Gasteiger partial charge is 0.228 e. The quantitative estimate of drug-likeness (QED) is 0.787. The van der Waals surface area contributed by atoms with Crippen LogP contribution in [0.4, 0.5) is 0 Å². The third kappa shape index (κ3) is 3.66. The molecule has 0 atom stereocenters. The number of furan rings is 1. The summed E-state index contributed by atoms with van der Waals surface area (Å²) in [4.78, 5) is 17.8. The number of hydrogen-bond donors (Lipinski definition) is 2. The van der Waals surface area contributed by atoms with Crippen molar-refractivity contribution in [2.24, 2.45) is 0 Å². The number of amides is 1. The van der Waals surface area contributed by atoms with Gasteiger partial charge in [-0.1, -0.05) is 0 Å². The average Bonchev–Trinajstić information content (AvgIpc) is 3.08. The maximum atomic E-state index is 12.0. The van der Waals surface area contributed by atoms with Crippen LogP contribution in [0.2, 0.25) is 0 Å². The fourth-order valence-electron chi connectivity index (χ4n) is 1.77. The molecule has 2 rings (SSSR count). The molecule has 0 aliphatic carbocycles. The first-order valence-electron chi connectivity index (χ1n) is 6.22. The molecule has 0 aliphatic heterocycles. The minimum absolute atomic E-state index is 0.125. The molecular formula is C13H16N2O4S. The number of nitrogens with zero attached hydrogens (tertiary/aromatic N) is 2. The number of carbonyl (C=O) groups excluding carboxylic acids is 1. The fourth-order valence-corrected chi connectivity index (χ4v) is 2.56. The summed E-state index contributed by atoms with van der Waals surface area (Å²) in [5, 5.41) is 20.4. The summed E-state index contributed by atoms with van der Waals surface area (Å²) in [6.07, 6.45) is 1.73. The third-order valence-corrected chi connectivity index (χ3v) is 3.61. The Bertz CT molecular complexity index is 532. The van der Waals surface area contributed by atoms with E-state index in [9.17, 15) is 4.79 Å². The number of thiazole rings is 1. The van der Waals surface area contributed by atoms with Crippen LogP contribution in [0.1, 0.15) is 5.69 Å². The van der Waals surface area contributed by atoms with Gasteiger partial charge in [0.15, 0.2) is 10.8 Å². The SMILES string of the molecule is O=C(Cc1csc(-c2ccco2)n1)N(CCO)CCO. The Balaban J connectivity index is 2.00. The van der Waals surface area contributed by atoms with Crippen molar-refractivity contribution in [3.63, 3.8) is 0 Å². The Morgan fingerprint density at radius 1 is 1.35 bits per heavy atom. The Hall–Kier alpha value is -1.70. The molecule has 1 amide bonds. The van der Waals surface area contributed by atoms with Crippen molar-refractivity contribution < 1.29 is 19.4 Å². The summed E-state index contributed by atoms with van der Waals surface area (Å²) in [6, 6.07) is 3.60. The van der Waals surface area contributed by atoms with Gasteiger partial charge in [-0.15, -0.1) is 11.3 Å². The van der Waals surface area contributed by atoms with Crippen LogP contribution in [0.25, 0.3) is 10.8 Å². The van der Waals surface area contributed by atoms with Gasteiger partial charge in [0.25, 0.3) is 0 Å². The first kappa shape index (κ1) is 14.7.